The van der Waals surface area contributed by atoms with Gasteiger partial charge >= 0.3 is 0 Å². The molecule has 0 aliphatic heterocycles. The van der Waals surface area contributed by atoms with Gasteiger partial charge in [0.05, 0.1) is 23.7 Å². The molecule has 0 spiro atoms. The van der Waals surface area contributed by atoms with Crippen LogP contribution in [0.4, 0.5) is 5.69 Å². The van der Waals surface area contributed by atoms with Crippen molar-refractivity contribution in [1.29, 1.82) is 0 Å². The minimum atomic E-state index is -0.460. The maximum absolute atomic E-state index is 13.0. The second-order valence-electron chi connectivity index (χ2n) is 8.01. The standard InChI is InChI=1S/C24H36N2O5/c1-4-6-8-10-11-13-17-31-23-22(30-16-12-9-7-5-2)20-15-14-19(26(28)29)18-21(20)25(3)24(23)27/h14-15,18H,4-13,16-17H2,1-3H3. The molecule has 31 heavy (non-hydrogen) atoms. The zero-order valence-corrected chi connectivity index (χ0v) is 19.2. The van der Waals surface area contributed by atoms with E-state index in [0.717, 1.165) is 44.9 Å². The highest BCUT2D eigenvalue weighted by molar-refractivity contribution is 5.89. The van der Waals surface area contributed by atoms with Gasteiger partial charge in [-0.05, 0) is 18.9 Å². The number of ether oxygens (including phenoxy) is 2. The summed E-state index contributed by atoms with van der Waals surface area (Å²) in [6, 6.07) is 4.50. The molecule has 172 valence electrons. The molecule has 7 heteroatoms. The van der Waals surface area contributed by atoms with E-state index in [9.17, 15) is 14.9 Å². The zero-order chi connectivity index (χ0) is 22.6. The van der Waals surface area contributed by atoms with E-state index in [0.29, 0.717) is 29.9 Å². The van der Waals surface area contributed by atoms with Gasteiger partial charge in [-0.15, -0.1) is 0 Å². The van der Waals surface area contributed by atoms with Crippen molar-refractivity contribution in [2.75, 3.05) is 13.2 Å². The third kappa shape index (κ3) is 6.97. The Morgan fingerprint density at radius 2 is 1.42 bits per heavy atom. The number of nitro benzene ring substituents is 1. The Bertz CT molecular complexity index is 907. The highest BCUT2D eigenvalue weighted by Gasteiger charge is 2.20. The summed E-state index contributed by atoms with van der Waals surface area (Å²) in [5.74, 6) is 0.600. The normalized spacial score (nSPS) is 11.1. The lowest BCUT2D eigenvalue weighted by molar-refractivity contribution is -0.384. The average molecular weight is 433 g/mol. The lowest BCUT2D eigenvalue weighted by Gasteiger charge is -2.17. The Hall–Kier alpha value is -2.57. The molecule has 1 heterocycles. The number of fused-ring (bicyclic) bond motifs is 1. The molecule has 0 atom stereocenters. The van der Waals surface area contributed by atoms with Crippen LogP contribution in [0.1, 0.15) is 78.1 Å². The average Bonchev–Trinajstić information content (AvgIpc) is 2.77. The number of aryl methyl sites for hydroxylation is 1. The van der Waals surface area contributed by atoms with Crippen molar-refractivity contribution in [3.63, 3.8) is 0 Å². The van der Waals surface area contributed by atoms with Crippen LogP contribution in [0.5, 0.6) is 11.5 Å². The fraction of sp³-hybridized carbons (Fsp3) is 0.625. The maximum atomic E-state index is 13.0. The van der Waals surface area contributed by atoms with Crippen LogP contribution in [0.2, 0.25) is 0 Å². The minimum Gasteiger partial charge on any atom is -0.489 e. The quantitative estimate of drug-likeness (QED) is 0.192. The lowest BCUT2D eigenvalue weighted by Crippen LogP contribution is -2.21. The largest absolute Gasteiger partial charge is 0.489 e. The van der Waals surface area contributed by atoms with Gasteiger partial charge in [0.25, 0.3) is 11.2 Å². The fourth-order valence-electron chi connectivity index (χ4n) is 3.61. The number of non-ortho nitro benzene ring substituents is 1. The van der Waals surface area contributed by atoms with Gasteiger partial charge in [0, 0.05) is 24.6 Å². The molecule has 0 unspecified atom stereocenters. The molecule has 7 nitrogen and oxygen atoms in total. The van der Waals surface area contributed by atoms with Gasteiger partial charge in [-0.1, -0.05) is 65.2 Å². The lowest BCUT2D eigenvalue weighted by atomic mass is 10.1. The summed E-state index contributed by atoms with van der Waals surface area (Å²) >= 11 is 0. The first-order valence-electron chi connectivity index (χ1n) is 11.6. The minimum absolute atomic E-state index is 0.0582. The SMILES string of the molecule is CCCCCCCCOc1c(OCCCCCC)c2ccc([N+](=O)[O-])cc2n(C)c1=O. The van der Waals surface area contributed by atoms with E-state index in [4.69, 9.17) is 9.47 Å². The summed E-state index contributed by atoms with van der Waals surface area (Å²) in [5, 5.41) is 11.8. The molecular formula is C24H36N2O5. The monoisotopic (exact) mass is 432 g/mol. The molecule has 0 N–H and O–H groups in total. The van der Waals surface area contributed by atoms with Gasteiger partial charge in [0.2, 0.25) is 5.75 Å². The first kappa shape index (κ1) is 24.7. The van der Waals surface area contributed by atoms with Gasteiger partial charge in [-0.2, -0.15) is 0 Å². The molecule has 0 aliphatic rings. The van der Waals surface area contributed by atoms with Gasteiger partial charge < -0.3 is 14.0 Å². The summed E-state index contributed by atoms with van der Waals surface area (Å²) in [4.78, 5) is 23.7. The molecule has 0 amide bonds. The number of hydrogen-bond donors (Lipinski definition) is 0. The molecule has 2 aromatic rings. The van der Waals surface area contributed by atoms with Crippen molar-refractivity contribution >= 4 is 16.6 Å². The van der Waals surface area contributed by atoms with Gasteiger partial charge in [-0.3, -0.25) is 14.9 Å². The second-order valence-corrected chi connectivity index (χ2v) is 8.01. The Morgan fingerprint density at radius 3 is 2.03 bits per heavy atom. The van der Waals surface area contributed by atoms with Crippen LogP contribution >= 0.6 is 0 Å². The molecule has 0 saturated carbocycles. The summed E-state index contributed by atoms with van der Waals surface area (Å²) in [5.41, 5.74) is 0.0781. The van der Waals surface area contributed by atoms with Gasteiger partial charge in [0.1, 0.15) is 0 Å². The summed E-state index contributed by atoms with van der Waals surface area (Å²) in [6.07, 6.45) is 11.0. The number of rotatable bonds is 15. The van der Waals surface area contributed by atoms with Crippen molar-refractivity contribution in [2.24, 2.45) is 7.05 Å². The van der Waals surface area contributed by atoms with Crippen LogP contribution in [-0.2, 0) is 7.05 Å². The Kier molecular flexibility index (Phi) is 10.3. The first-order valence-corrected chi connectivity index (χ1v) is 11.6. The Labute approximate surface area is 184 Å². The second kappa shape index (κ2) is 13.0. The van der Waals surface area contributed by atoms with Crippen LogP contribution in [0, 0.1) is 10.1 Å². The summed E-state index contributed by atoms with van der Waals surface area (Å²) in [7, 11) is 1.61. The van der Waals surface area contributed by atoms with E-state index in [1.807, 2.05) is 0 Å². The van der Waals surface area contributed by atoms with Crippen molar-refractivity contribution in [1.82, 2.24) is 4.57 Å². The van der Waals surface area contributed by atoms with E-state index < -0.39 is 4.92 Å². The number of hydrogen-bond acceptors (Lipinski definition) is 5. The topological polar surface area (TPSA) is 83.6 Å². The number of pyridine rings is 1. The van der Waals surface area contributed by atoms with Crippen LogP contribution in [0.15, 0.2) is 23.0 Å². The molecule has 0 radical (unpaired) electrons. The molecule has 2 rings (SSSR count). The first-order chi connectivity index (χ1) is 15.0. The van der Waals surface area contributed by atoms with E-state index in [1.165, 1.54) is 36.0 Å². The molecule has 1 aromatic heterocycles. The third-order valence-electron chi connectivity index (χ3n) is 5.49. The molecule has 0 bridgehead atoms. The van der Waals surface area contributed by atoms with Gasteiger partial charge in [-0.25, -0.2) is 0 Å². The van der Waals surface area contributed by atoms with Crippen LogP contribution < -0.4 is 15.0 Å². The zero-order valence-electron chi connectivity index (χ0n) is 19.2. The molecule has 0 aliphatic carbocycles. The number of unbranched alkanes of at least 4 members (excludes halogenated alkanes) is 8. The molecule has 0 saturated heterocycles. The summed E-state index contributed by atoms with van der Waals surface area (Å²) in [6.45, 7) is 5.27. The van der Waals surface area contributed by atoms with Crippen LogP contribution in [0.3, 0.4) is 0 Å². The van der Waals surface area contributed by atoms with Crippen molar-refractivity contribution in [2.45, 2.75) is 78.1 Å². The van der Waals surface area contributed by atoms with E-state index in [-0.39, 0.29) is 17.0 Å². The van der Waals surface area contributed by atoms with E-state index >= 15 is 0 Å². The highest BCUT2D eigenvalue weighted by Crippen LogP contribution is 2.34. The maximum Gasteiger partial charge on any atom is 0.297 e. The molecular weight excluding hydrogens is 396 g/mol. The van der Waals surface area contributed by atoms with Crippen LogP contribution in [0.25, 0.3) is 10.9 Å². The van der Waals surface area contributed by atoms with Crippen molar-refractivity contribution < 1.29 is 14.4 Å². The van der Waals surface area contributed by atoms with Crippen molar-refractivity contribution in [3.8, 4) is 11.5 Å². The smallest absolute Gasteiger partial charge is 0.297 e. The number of nitrogens with zero attached hydrogens (tertiary/aromatic N) is 2. The number of benzene rings is 1. The number of nitro groups is 1. The Balaban J connectivity index is 2.26. The predicted octanol–water partition coefficient (Wildman–Crippen LogP) is 6.15. The van der Waals surface area contributed by atoms with Crippen LogP contribution in [-0.4, -0.2) is 22.7 Å². The predicted molar refractivity (Wildman–Crippen MR) is 124 cm³/mol. The number of aromatic nitrogens is 1. The Morgan fingerprint density at radius 1 is 0.871 bits per heavy atom. The van der Waals surface area contributed by atoms with E-state index in [2.05, 4.69) is 13.8 Å². The van der Waals surface area contributed by atoms with Crippen molar-refractivity contribution in [3.05, 3.63) is 38.7 Å². The third-order valence-corrected chi connectivity index (χ3v) is 5.49. The fourth-order valence-corrected chi connectivity index (χ4v) is 3.61. The molecule has 1 aromatic carbocycles. The summed E-state index contributed by atoms with van der Waals surface area (Å²) < 4.78 is 13.4. The van der Waals surface area contributed by atoms with E-state index in [1.54, 1.807) is 13.1 Å². The highest BCUT2D eigenvalue weighted by atomic mass is 16.6. The van der Waals surface area contributed by atoms with Gasteiger partial charge in [0.15, 0.2) is 5.75 Å². The molecule has 0 fully saturated rings.